The van der Waals surface area contributed by atoms with Crippen molar-refractivity contribution in [3.8, 4) is 0 Å². The van der Waals surface area contributed by atoms with E-state index >= 15 is 0 Å². The van der Waals surface area contributed by atoms with Gasteiger partial charge in [0.25, 0.3) is 0 Å². The Hall–Kier alpha value is 0.636. The van der Waals surface area contributed by atoms with Gasteiger partial charge in [0.05, 0.1) is 26.4 Å². The number of ether oxygens (including phenoxy) is 7. The van der Waals surface area contributed by atoms with Crippen LogP contribution in [0.5, 0.6) is 0 Å². The first kappa shape index (κ1) is 52.7. The van der Waals surface area contributed by atoms with Crippen molar-refractivity contribution in [1.29, 1.82) is 0 Å². The minimum Gasteiger partial charge on any atom is -1.00 e. The minimum absolute atomic E-state index is 0. The molecule has 4 rings (SSSR count). The summed E-state index contributed by atoms with van der Waals surface area (Å²) < 4.78 is 37.6. The van der Waals surface area contributed by atoms with Crippen LogP contribution < -0.4 is 51.4 Å². The van der Waals surface area contributed by atoms with Crippen molar-refractivity contribution in [1.82, 2.24) is 0 Å². The predicted octanol–water partition coefficient (Wildman–Crippen LogP) is -15.9. The van der Waals surface area contributed by atoms with E-state index in [0.717, 1.165) is 0 Å². The number of hydrogen-bond acceptors (Lipinski definition) is 21. The van der Waals surface area contributed by atoms with E-state index in [9.17, 15) is 71.5 Å². The van der Waals surface area contributed by atoms with Crippen LogP contribution in [0.25, 0.3) is 0 Å². The summed E-state index contributed by atoms with van der Waals surface area (Å²) >= 11 is 0. The fraction of sp³-hybridized carbons (Fsp3) is 1.00. The van der Waals surface area contributed by atoms with Gasteiger partial charge in [-0.05, 0) is 0 Å². The van der Waals surface area contributed by atoms with Crippen LogP contribution in [-0.4, -0.2) is 243 Å². The number of aliphatic hydroxyl groups excluding tert-OH is 14. The molecule has 50 heavy (non-hydrogen) atoms. The molecular formula is C24H51KO25. The Morgan fingerprint density at radius 1 is 0.460 bits per heavy atom. The maximum absolute atomic E-state index is 10.5. The van der Waals surface area contributed by atoms with E-state index in [1.54, 1.807) is 0 Å². The standard InChI is InChI=1S/C24H42O21.K.4H2O.H/c25-1-6-10(28)14(32)17(35)21(41-6)39-3-8-11(29)15(33)18(36)22(42-8)40-4-9-12(30)16(34)19(37)23(43-9)45-24(5-27)20(38)13(31)7(2-26)44-24;;;;;;/h6-23,25-38H,1-5H2;;4*1H2;/q;+1;;;;;-1/t6-,7-,8-,9-,10+,11+,12-,13-,14+,15+,16+,17-,18-,19-,20+,21+,22+,23-,24+;;;;;;/m1....../s1. The van der Waals surface area contributed by atoms with Gasteiger partial charge in [0, 0.05) is 0 Å². The van der Waals surface area contributed by atoms with Crippen LogP contribution in [0.3, 0.4) is 0 Å². The Morgan fingerprint density at radius 3 is 1.20 bits per heavy atom. The number of rotatable bonds is 11. The third-order valence-corrected chi connectivity index (χ3v) is 8.26. The predicted molar refractivity (Wildman–Crippen MR) is 149 cm³/mol. The zero-order chi connectivity index (χ0) is 33.4. The Kier molecular flexibility index (Phi) is 23.5. The van der Waals surface area contributed by atoms with E-state index < -0.39 is 149 Å². The Bertz CT molecular complexity index is 950. The number of aliphatic hydroxyl groups is 14. The van der Waals surface area contributed by atoms with Gasteiger partial charge in [-0.25, -0.2) is 0 Å². The van der Waals surface area contributed by atoms with E-state index in [1.807, 2.05) is 0 Å². The molecule has 4 saturated heterocycles. The summed E-state index contributed by atoms with van der Waals surface area (Å²) in [5.74, 6) is -2.43. The van der Waals surface area contributed by atoms with Crippen LogP contribution in [0.1, 0.15) is 1.43 Å². The molecule has 4 aliphatic heterocycles. The third kappa shape index (κ3) is 10.7. The molecule has 0 radical (unpaired) electrons. The molecule has 4 aliphatic rings. The van der Waals surface area contributed by atoms with Crippen LogP contribution >= 0.6 is 0 Å². The van der Waals surface area contributed by atoms with E-state index in [1.165, 1.54) is 0 Å². The molecule has 22 N–H and O–H groups in total. The molecule has 0 spiro atoms. The minimum atomic E-state index is -2.43. The summed E-state index contributed by atoms with van der Waals surface area (Å²) in [4.78, 5) is 0. The molecule has 19 atom stereocenters. The van der Waals surface area contributed by atoms with Crippen LogP contribution in [0.4, 0.5) is 0 Å². The SMILES string of the molecule is O.O.O.O.OC[C@H]1O[C@H](OC[C@H]2O[C@H](OC[C@H]3O[C@H](O[C@]4(CO)O[C@H](CO)[C@@H](O)[C@@H]4O)[C@H](O)[C@@H](O)[C@@H]3O)[C@H](O)[C@@H](O)[C@H]2O)[C@H](O)[C@@H](O)[C@H]1O.[H-].[K+]. The van der Waals surface area contributed by atoms with Crippen molar-refractivity contribution in [2.24, 2.45) is 0 Å². The molecule has 0 aliphatic carbocycles. The van der Waals surface area contributed by atoms with E-state index in [-0.39, 0.29) is 74.7 Å². The Labute approximate surface area is 326 Å². The van der Waals surface area contributed by atoms with Gasteiger partial charge < -0.3 is 128 Å². The van der Waals surface area contributed by atoms with E-state index in [2.05, 4.69) is 0 Å². The summed E-state index contributed by atoms with van der Waals surface area (Å²) in [5, 5.41) is 141. The largest absolute Gasteiger partial charge is 1.00 e. The van der Waals surface area contributed by atoms with Crippen molar-refractivity contribution in [3.63, 3.8) is 0 Å². The molecule has 0 unspecified atom stereocenters. The third-order valence-electron chi connectivity index (χ3n) is 8.26. The molecule has 298 valence electrons. The van der Waals surface area contributed by atoms with Crippen LogP contribution in [0, 0.1) is 0 Å². The normalized spacial score (nSPS) is 47.4. The molecule has 4 heterocycles. The average Bonchev–Trinajstić information content (AvgIpc) is 3.28. The zero-order valence-corrected chi connectivity index (χ0v) is 29.7. The first-order valence-electron chi connectivity index (χ1n) is 14.1. The first-order chi connectivity index (χ1) is 21.2. The van der Waals surface area contributed by atoms with Crippen LogP contribution in [0.15, 0.2) is 0 Å². The summed E-state index contributed by atoms with van der Waals surface area (Å²) in [6, 6.07) is 0. The van der Waals surface area contributed by atoms with Gasteiger partial charge >= 0.3 is 51.4 Å². The topological polar surface area (TPSA) is 474 Å². The van der Waals surface area contributed by atoms with Crippen molar-refractivity contribution >= 4 is 0 Å². The second kappa shape index (κ2) is 22.3. The summed E-state index contributed by atoms with van der Waals surface area (Å²) in [7, 11) is 0. The molecule has 0 aromatic carbocycles. The fourth-order valence-electron chi connectivity index (χ4n) is 5.39. The van der Waals surface area contributed by atoms with Crippen LogP contribution in [-0.2, 0) is 33.2 Å². The van der Waals surface area contributed by atoms with Crippen molar-refractivity contribution in [2.75, 3.05) is 33.0 Å². The summed E-state index contributed by atoms with van der Waals surface area (Å²) in [5.41, 5.74) is 0. The van der Waals surface area contributed by atoms with Gasteiger partial charge in [0.15, 0.2) is 18.9 Å². The summed E-state index contributed by atoms with van der Waals surface area (Å²) in [6.07, 6.45) is -31.4. The molecule has 26 heteroatoms. The van der Waals surface area contributed by atoms with E-state index in [4.69, 9.17) is 33.2 Å². The number of hydrogen-bond donors (Lipinski definition) is 14. The summed E-state index contributed by atoms with van der Waals surface area (Å²) in [6.45, 7) is -4.02. The van der Waals surface area contributed by atoms with E-state index in [0.29, 0.717) is 0 Å². The van der Waals surface area contributed by atoms with Crippen LogP contribution in [0.2, 0.25) is 0 Å². The second-order valence-electron chi connectivity index (χ2n) is 11.3. The van der Waals surface area contributed by atoms with Gasteiger partial charge in [0.2, 0.25) is 5.79 Å². The Balaban J connectivity index is -0.00000384. The molecule has 0 aromatic heterocycles. The quantitative estimate of drug-likeness (QED) is 0.0866. The second-order valence-corrected chi connectivity index (χ2v) is 11.3. The van der Waals surface area contributed by atoms with Gasteiger partial charge in [0.1, 0.15) is 98.2 Å². The van der Waals surface area contributed by atoms with Gasteiger partial charge in [-0.15, -0.1) is 0 Å². The average molecular weight is 779 g/mol. The molecule has 0 amide bonds. The van der Waals surface area contributed by atoms with Crippen molar-refractivity contribution < 1.29 is 179 Å². The van der Waals surface area contributed by atoms with Gasteiger partial charge in [-0.2, -0.15) is 0 Å². The van der Waals surface area contributed by atoms with Gasteiger partial charge in [-0.3, -0.25) is 0 Å². The molecule has 25 nitrogen and oxygen atoms in total. The van der Waals surface area contributed by atoms with Gasteiger partial charge in [-0.1, -0.05) is 0 Å². The zero-order valence-electron chi connectivity index (χ0n) is 27.5. The first-order valence-corrected chi connectivity index (χ1v) is 14.1. The maximum Gasteiger partial charge on any atom is 1.00 e. The Morgan fingerprint density at radius 2 is 0.820 bits per heavy atom. The molecule has 0 saturated carbocycles. The molecule has 0 bridgehead atoms. The molecule has 4 fully saturated rings. The fourth-order valence-corrected chi connectivity index (χ4v) is 5.39. The smallest absolute Gasteiger partial charge is 1.00 e. The molecule has 0 aromatic rings. The maximum atomic E-state index is 10.5. The monoisotopic (exact) mass is 778 g/mol. The molecular weight excluding hydrogens is 727 g/mol. The van der Waals surface area contributed by atoms with Crippen molar-refractivity contribution in [3.05, 3.63) is 0 Å². The van der Waals surface area contributed by atoms with Crippen molar-refractivity contribution in [2.45, 2.75) is 116 Å².